The smallest absolute Gasteiger partial charge is 0.318 e. The summed E-state index contributed by atoms with van der Waals surface area (Å²) < 4.78 is 4.91. The second kappa shape index (κ2) is 3.53. The predicted octanol–water partition coefficient (Wildman–Crippen LogP) is -0.192. The van der Waals surface area contributed by atoms with E-state index in [-0.39, 0.29) is 12.5 Å². The van der Waals surface area contributed by atoms with Crippen molar-refractivity contribution in [2.45, 2.75) is 6.42 Å². The number of hydrogen-bond donors (Lipinski definition) is 2. The molecule has 0 spiro atoms. The van der Waals surface area contributed by atoms with Crippen molar-refractivity contribution in [3.05, 3.63) is 0 Å². The van der Waals surface area contributed by atoms with Crippen molar-refractivity contribution in [2.24, 2.45) is 11.8 Å². The molecule has 0 bridgehead atoms. The number of carboxylic acids is 2. The summed E-state index contributed by atoms with van der Waals surface area (Å²) in [6, 6.07) is 0. The molecule has 0 unspecified atom stereocenters. The Hall–Kier alpha value is -1.10. The molecular formula is C7H10O5. The quantitative estimate of drug-likeness (QED) is 0.579. The van der Waals surface area contributed by atoms with Crippen molar-refractivity contribution < 1.29 is 24.5 Å². The molecule has 0 aromatic carbocycles. The molecule has 0 aromatic heterocycles. The van der Waals surface area contributed by atoms with Crippen LogP contribution in [0.1, 0.15) is 6.42 Å². The van der Waals surface area contributed by atoms with Crippen molar-refractivity contribution >= 4 is 11.9 Å². The van der Waals surface area contributed by atoms with Gasteiger partial charge in [0.15, 0.2) is 5.92 Å². The molecule has 1 rings (SSSR count). The molecule has 0 radical (unpaired) electrons. The zero-order valence-electron chi connectivity index (χ0n) is 6.40. The van der Waals surface area contributed by atoms with E-state index in [1.54, 1.807) is 0 Å². The second-order valence-corrected chi connectivity index (χ2v) is 2.78. The SMILES string of the molecule is O=C(O)C(C(=O)O)[C@H]1CCOC1. The third kappa shape index (κ3) is 1.73. The lowest BCUT2D eigenvalue weighted by atomic mass is 9.92. The largest absolute Gasteiger partial charge is 0.481 e. The molecule has 0 aliphatic carbocycles. The molecule has 1 fully saturated rings. The predicted molar refractivity (Wildman–Crippen MR) is 37.7 cm³/mol. The molecule has 5 nitrogen and oxygen atoms in total. The van der Waals surface area contributed by atoms with Gasteiger partial charge in [0.2, 0.25) is 0 Å². The molecule has 2 N–H and O–H groups in total. The van der Waals surface area contributed by atoms with Crippen LogP contribution in [0.4, 0.5) is 0 Å². The van der Waals surface area contributed by atoms with E-state index < -0.39 is 17.9 Å². The zero-order valence-corrected chi connectivity index (χ0v) is 6.40. The number of carbonyl (C=O) groups is 2. The fourth-order valence-electron chi connectivity index (χ4n) is 1.32. The van der Waals surface area contributed by atoms with Gasteiger partial charge in [-0.3, -0.25) is 9.59 Å². The van der Waals surface area contributed by atoms with Gasteiger partial charge in [-0.25, -0.2) is 0 Å². The maximum absolute atomic E-state index is 10.5. The van der Waals surface area contributed by atoms with Crippen molar-refractivity contribution in [2.75, 3.05) is 13.2 Å². The van der Waals surface area contributed by atoms with E-state index in [4.69, 9.17) is 14.9 Å². The van der Waals surface area contributed by atoms with Crippen LogP contribution in [0.2, 0.25) is 0 Å². The number of aliphatic carboxylic acids is 2. The monoisotopic (exact) mass is 174 g/mol. The van der Waals surface area contributed by atoms with Gasteiger partial charge in [0.1, 0.15) is 0 Å². The first-order valence-electron chi connectivity index (χ1n) is 3.66. The Balaban J connectivity index is 2.64. The molecular weight excluding hydrogens is 164 g/mol. The van der Waals surface area contributed by atoms with Gasteiger partial charge in [-0.05, 0) is 6.42 Å². The van der Waals surface area contributed by atoms with E-state index in [0.29, 0.717) is 13.0 Å². The Morgan fingerprint density at radius 3 is 2.25 bits per heavy atom. The highest BCUT2D eigenvalue weighted by atomic mass is 16.5. The van der Waals surface area contributed by atoms with Crippen LogP contribution in [0, 0.1) is 11.8 Å². The maximum Gasteiger partial charge on any atom is 0.318 e. The van der Waals surface area contributed by atoms with Gasteiger partial charge < -0.3 is 14.9 Å². The number of hydrogen-bond acceptors (Lipinski definition) is 3. The Labute approximate surface area is 68.9 Å². The van der Waals surface area contributed by atoms with Gasteiger partial charge in [-0.1, -0.05) is 0 Å². The van der Waals surface area contributed by atoms with E-state index >= 15 is 0 Å². The lowest BCUT2D eigenvalue weighted by molar-refractivity contribution is -0.157. The standard InChI is InChI=1S/C7H10O5/c8-6(9)5(7(10)11)4-1-2-12-3-4/h4-5H,1-3H2,(H,8,9)(H,10,11)/t4-/m0/s1. The Kier molecular flexibility index (Phi) is 2.65. The normalized spacial score (nSPS) is 22.9. The molecule has 5 heteroatoms. The van der Waals surface area contributed by atoms with Gasteiger partial charge in [0, 0.05) is 12.5 Å². The molecule has 1 aliphatic rings. The summed E-state index contributed by atoms with van der Waals surface area (Å²) in [5, 5.41) is 17.1. The van der Waals surface area contributed by atoms with Crippen molar-refractivity contribution in [1.82, 2.24) is 0 Å². The second-order valence-electron chi connectivity index (χ2n) is 2.78. The van der Waals surface area contributed by atoms with Gasteiger partial charge in [0.05, 0.1) is 6.61 Å². The number of carboxylic acid groups (broad SMARTS) is 2. The van der Waals surface area contributed by atoms with Crippen molar-refractivity contribution in [3.63, 3.8) is 0 Å². The van der Waals surface area contributed by atoms with Crippen LogP contribution >= 0.6 is 0 Å². The minimum atomic E-state index is -1.31. The zero-order chi connectivity index (χ0) is 9.14. The first-order valence-corrected chi connectivity index (χ1v) is 3.66. The van der Waals surface area contributed by atoms with Crippen LogP contribution in [0.15, 0.2) is 0 Å². The van der Waals surface area contributed by atoms with Crippen LogP contribution in [0.25, 0.3) is 0 Å². The Morgan fingerprint density at radius 1 is 1.33 bits per heavy atom. The highest BCUT2D eigenvalue weighted by molar-refractivity contribution is 5.93. The molecule has 12 heavy (non-hydrogen) atoms. The molecule has 0 aromatic rings. The highest BCUT2D eigenvalue weighted by Gasteiger charge is 2.36. The van der Waals surface area contributed by atoms with E-state index in [0.717, 1.165) is 0 Å². The van der Waals surface area contributed by atoms with Gasteiger partial charge in [0.25, 0.3) is 0 Å². The summed E-state index contributed by atoms with van der Waals surface area (Å²) in [6.45, 7) is 0.699. The summed E-state index contributed by atoms with van der Waals surface area (Å²) in [5.74, 6) is -4.25. The van der Waals surface area contributed by atoms with E-state index in [2.05, 4.69) is 0 Å². The van der Waals surface area contributed by atoms with Crippen LogP contribution in [0.5, 0.6) is 0 Å². The van der Waals surface area contributed by atoms with Gasteiger partial charge in [-0.15, -0.1) is 0 Å². The average Bonchev–Trinajstić information content (AvgIpc) is 2.37. The average molecular weight is 174 g/mol. The summed E-state index contributed by atoms with van der Waals surface area (Å²) in [4.78, 5) is 21.0. The summed E-state index contributed by atoms with van der Waals surface area (Å²) in [7, 11) is 0. The third-order valence-electron chi connectivity index (χ3n) is 1.97. The van der Waals surface area contributed by atoms with Crippen molar-refractivity contribution in [3.8, 4) is 0 Å². The summed E-state index contributed by atoms with van der Waals surface area (Å²) >= 11 is 0. The Morgan fingerprint density at radius 2 is 1.92 bits per heavy atom. The molecule has 1 aliphatic heterocycles. The number of rotatable bonds is 3. The highest BCUT2D eigenvalue weighted by Crippen LogP contribution is 2.22. The lowest BCUT2D eigenvalue weighted by Crippen LogP contribution is -2.31. The van der Waals surface area contributed by atoms with Crippen molar-refractivity contribution in [1.29, 1.82) is 0 Å². The third-order valence-corrected chi connectivity index (χ3v) is 1.97. The molecule has 0 saturated carbocycles. The molecule has 1 atom stereocenters. The van der Waals surface area contributed by atoms with E-state index in [1.807, 2.05) is 0 Å². The summed E-state index contributed by atoms with van der Waals surface area (Å²) in [6.07, 6.45) is 0.517. The topological polar surface area (TPSA) is 83.8 Å². The maximum atomic E-state index is 10.5. The minimum absolute atomic E-state index is 0.239. The lowest BCUT2D eigenvalue weighted by Gasteiger charge is -2.12. The first-order chi connectivity index (χ1) is 5.63. The van der Waals surface area contributed by atoms with Crippen LogP contribution in [-0.4, -0.2) is 35.4 Å². The van der Waals surface area contributed by atoms with E-state index in [1.165, 1.54) is 0 Å². The minimum Gasteiger partial charge on any atom is -0.481 e. The molecule has 0 amide bonds. The van der Waals surface area contributed by atoms with Gasteiger partial charge >= 0.3 is 11.9 Å². The first kappa shape index (κ1) is 8.99. The fraction of sp³-hybridized carbons (Fsp3) is 0.714. The molecule has 1 saturated heterocycles. The van der Waals surface area contributed by atoms with E-state index in [9.17, 15) is 9.59 Å². The molecule has 68 valence electrons. The van der Waals surface area contributed by atoms with Crippen LogP contribution < -0.4 is 0 Å². The number of ether oxygens (including phenoxy) is 1. The summed E-state index contributed by atoms with van der Waals surface area (Å²) in [5.41, 5.74) is 0. The fourth-order valence-corrected chi connectivity index (χ4v) is 1.32. The van der Waals surface area contributed by atoms with Crippen LogP contribution in [0.3, 0.4) is 0 Å². The Bertz CT molecular complexity index is 180. The molecule has 1 heterocycles. The van der Waals surface area contributed by atoms with Gasteiger partial charge in [-0.2, -0.15) is 0 Å². The van der Waals surface area contributed by atoms with Crippen LogP contribution in [-0.2, 0) is 14.3 Å².